The van der Waals surface area contributed by atoms with Crippen molar-refractivity contribution in [3.8, 4) is 0 Å². The van der Waals surface area contributed by atoms with Gasteiger partial charge in [0.25, 0.3) is 0 Å². The van der Waals surface area contributed by atoms with Crippen molar-refractivity contribution in [2.45, 2.75) is 57.0 Å². The van der Waals surface area contributed by atoms with Gasteiger partial charge in [0.05, 0.1) is 0 Å². The topological polar surface area (TPSA) is 24.1 Å². The average molecular weight is 402 g/mol. The fourth-order valence-electron chi connectivity index (χ4n) is 3.87. The minimum atomic E-state index is -0.154. The zero-order chi connectivity index (χ0) is 14.7. The molecule has 1 aliphatic carbocycles. The fraction of sp³-hybridized carbons (Fsp3) is 0.647. The zero-order valence-electron chi connectivity index (χ0n) is 12.4. The van der Waals surface area contributed by atoms with Crippen LogP contribution in [0.15, 0.2) is 18.2 Å². The molecule has 1 saturated carbocycles. The smallest absolute Gasteiger partial charge is 0.124 e. The summed E-state index contributed by atoms with van der Waals surface area (Å²) in [6, 6.07) is 6.24. The summed E-state index contributed by atoms with van der Waals surface area (Å²) in [6.45, 7) is 1.17. The summed E-state index contributed by atoms with van der Waals surface area (Å²) in [4.78, 5) is 0. The van der Waals surface area contributed by atoms with E-state index >= 15 is 0 Å². The lowest BCUT2D eigenvalue weighted by Crippen LogP contribution is -2.48. The van der Waals surface area contributed by atoms with Gasteiger partial charge in [-0.2, -0.15) is 0 Å². The van der Waals surface area contributed by atoms with Crippen LogP contribution in [0.25, 0.3) is 0 Å². The second kappa shape index (κ2) is 7.27. The molecule has 0 bridgehead atoms. The third-order valence-electron chi connectivity index (χ3n) is 4.96. The van der Waals surface area contributed by atoms with Gasteiger partial charge in [0.1, 0.15) is 5.82 Å². The number of halogens is 2. The summed E-state index contributed by atoms with van der Waals surface area (Å²) < 4.78 is 14.2. The van der Waals surface area contributed by atoms with Gasteiger partial charge in [0.2, 0.25) is 0 Å². The van der Waals surface area contributed by atoms with E-state index in [2.05, 4.69) is 33.2 Å². The highest BCUT2D eigenvalue weighted by Crippen LogP contribution is 2.33. The molecule has 1 aromatic carbocycles. The molecule has 0 radical (unpaired) electrons. The molecule has 2 N–H and O–H groups in total. The molecular weight excluding hydrogens is 378 g/mol. The molecule has 3 rings (SSSR count). The Morgan fingerprint density at radius 2 is 1.90 bits per heavy atom. The van der Waals surface area contributed by atoms with E-state index in [9.17, 15) is 4.39 Å². The first-order valence-corrected chi connectivity index (χ1v) is 9.27. The number of hydrogen-bond acceptors (Lipinski definition) is 2. The van der Waals surface area contributed by atoms with Crippen molar-refractivity contribution >= 4 is 28.3 Å². The van der Waals surface area contributed by atoms with E-state index in [1.807, 2.05) is 6.07 Å². The van der Waals surface area contributed by atoms with Gasteiger partial charge in [-0.3, -0.25) is 0 Å². The van der Waals surface area contributed by atoms with Gasteiger partial charge in [-0.1, -0.05) is 19.3 Å². The van der Waals surface area contributed by atoms with Crippen molar-refractivity contribution < 1.29 is 4.39 Å². The third-order valence-corrected chi connectivity index (χ3v) is 5.85. The predicted molar refractivity (Wildman–Crippen MR) is 94.1 cm³/mol. The minimum absolute atomic E-state index is 0.154. The van der Waals surface area contributed by atoms with Gasteiger partial charge in [-0.25, -0.2) is 4.39 Å². The van der Waals surface area contributed by atoms with Crippen LogP contribution in [-0.2, 0) is 0 Å². The van der Waals surface area contributed by atoms with Crippen LogP contribution in [0.1, 0.15) is 44.9 Å². The lowest BCUT2D eigenvalue weighted by Gasteiger charge is -2.40. The second-order valence-corrected chi connectivity index (χ2v) is 7.54. The molecule has 3 atom stereocenters. The molecule has 1 saturated heterocycles. The van der Waals surface area contributed by atoms with Crippen molar-refractivity contribution in [3.05, 3.63) is 27.6 Å². The Bertz CT molecular complexity index is 474. The maximum absolute atomic E-state index is 13.3. The molecule has 1 aliphatic heterocycles. The summed E-state index contributed by atoms with van der Waals surface area (Å²) in [6.07, 6.45) is 9.18. The molecule has 0 spiro atoms. The highest BCUT2D eigenvalue weighted by atomic mass is 127. The Hall–Kier alpha value is -0.360. The summed E-state index contributed by atoms with van der Waals surface area (Å²) in [7, 11) is 0. The Balaban J connectivity index is 1.71. The van der Waals surface area contributed by atoms with Crippen molar-refractivity contribution in [1.82, 2.24) is 5.32 Å². The molecule has 116 valence electrons. The van der Waals surface area contributed by atoms with Crippen molar-refractivity contribution in [2.24, 2.45) is 5.92 Å². The first-order chi connectivity index (χ1) is 10.2. The van der Waals surface area contributed by atoms with Crippen LogP contribution in [0.4, 0.5) is 10.1 Å². The molecule has 2 fully saturated rings. The Morgan fingerprint density at radius 3 is 2.67 bits per heavy atom. The van der Waals surface area contributed by atoms with Crippen LogP contribution in [0.3, 0.4) is 0 Å². The van der Waals surface area contributed by atoms with Crippen LogP contribution in [0, 0.1) is 15.3 Å². The SMILES string of the molecule is Fc1ccc(NC2CCCCC2C2CCCCN2)c(I)c1. The maximum atomic E-state index is 13.3. The van der Waals surface area contributed by atoms with E-state index in [1.165, 1.54) is 51.5 Å². The van der Waals surface area contributed by atoms with E-state index < -0.39 is 0 Å². The Labute approximate surface area is 140 Å². The van der Waals surface area contributed by atoms with Crippen LogP contribution in [0.5, 0.6) is 0 Å². The molecule has 4 heteroatoms. The van der Waals surface area contributed by atoms with Gasteiger partial charge in [-0.05, 0) is 78.9 Å². The van der Waals surface area contributed by atoms with E-state index in [0.29, 0.717) is 18.0 Å². The van der Waals surface area contributed by atoms with E-state index in [-0.39, 0.29) is 5.82 Å². The van der Waals surface area contributed by atoms with Crippen LogP contribution in [0.2, 0.25) is 0 Å². The summed E-state index contributed by atoms with van der Waals surface area (Å²) in [5.41, 5.74) is 1.09. The number of rotatable bonds is 3. The molecule has 0 amide bonds. The van der Waals surface area contributed by atoms with Crippen LogP contribution in [-0.4, -0.2) is 18.6 Å². The van der Waals surface area contributed by atoms with Gasteiger partial charge in [0, 0.05) is 21.3 Å². The lowest BCUT2D eigenvalue weighted by atomic mass is 9.77. The standard InChI is InChI=1S/C17H24FIN2/c18-12-8-9-17(14(19)11-12)21-16-7-2-1-5-13(16)15-6-3-4-10-20-15/h8-9,11,13,15-16,20-21H,1-7,10H2. The monoisotopic (exact) mass is 402 g/mol. The number of piperidine rings is 1. The zero-order valence-corrected chi connectivity index (χ0v) is 14.5. The quantitative estimate of drug-likeness (QED) is 0.726. The van der Waals surface area contributed by atoms with Crippen molar-refractivity contribution in [3.63, 3.8) is 0 Å². The first kappa shape index (κ1) is 15.5. The molecule has 1 heterocycles. The van der Waals surface area contributed by atoms with Crippen molar-refractivity contribution in [2.75, 3.05) is 11.9 Å². The van der Waals surface area contributed by atoms with Gasteiger partial charge in [-0.15, -0.1) is 0 Å². The average Bonchev–Trinajstić information content (AvgIpc) is 2.51. The molecule has 3 unspecified atom stereocenters. The predicted octanol–water partition coefficient (Wildman–Crippen LogP) is 4.54. The molecular formula is C17H24FIN2. The molecule has 2 nitrogen and oxygen atoms in total. The maximum Gasteiger partial charge on any atom is 0.124 e. The summed E-state index contributed by atoms with van der Waals surface area (Å²) in [5.74, 6) is 0.555. The van der Waals surface area contributed by atoms with Gasteiger partial charge >= 0.3 is 0 Å². The van der Waals surface area contributed by atoms with E-state index in [1.54, 1.807) is 12.1 Å². The minimum Gasteiger partial charge on any atom is -0.381 e. The number of nitrogens with one attached hydrogen (secondary N) is 2. The molecule has 21 heavy (non-hydrogen) atoms. The molecule has 1 aromatic rings. The molecule has 0 aromatic heterocycles. The summed E-state index contributed by atoms with van der Waals surface area (Å²) >= 11 is 2.23. The largest absolute Gasteiger partial charge is 0.381 e. The number of benzene rings is 1. The fourth-order valence-corrected chi connectivity index (χ4v) is 4.50. The Kier molecular flexibility index (Phi) is 5.38. The van der Waals surface area contributed by atoms with Crippen LogP contribution >= 0.6 is 22.6 Å². The Morgan fingerprint density at radius 1 is 1.10 bits per heavy atom. The highest BCUT2D eigenvalue weighted by molar-refractivity contribution is 14.1. The normalized spacial score (nSPS) is 30.1. The van der Waals surface area contributed by atoms with Crippen LogP contribution < -0.4 is 10.6 Å². The first-order valence-electron chi connectivity index (χ1n) is 8.19. The van der Waals surface area contributed by atoms with Gasteiger partial charge < -0.3 is 10.6 Å². The third kappa shape index (κ3) is 3.89. The number of hydrogen-bond donors (Lipinski definition) is 2. The number of anilines is 1. The lowest BCUT2D eigenvalue weighted by molar-refractivity contribution is 0.217. The highest BCUT2D eigenvalue weighted by Gasteiger charge is 2.32. The van der Waals surface area contributed by atoms with Crippen molar-refractivity contribution in [1.29, 1.82) is 0 Å². The van der Waals surface area contributed by atoms with E-state index in [4.69, 9.17) is 0 Å². The van der Waals surface area contributed by atoms with E-state index in [0.717, 1.165) is 9.26 Å². The molecule has 2 aliphatic rings. The summed E-state index contributed by atoms with van der Waals surface area (Å²) in [5, 5.41) is 7.44. The van der Waals surface area contributed by atoms with Gasteiger partial charge in [0.15, 0.2) is 0 Å². The second-order valence-electron chi connectivity index (χ2n) is 6.38.